The fourth-order valence-electron chi connectivity index (χ4n) is 3.61. The number of carbonyl (C=O) groups is 2. The molecule has 1 saturated heterocycles. The third kappa shape index (κ3) is 3.89. The number of primary amides is 1. The van der Waals surface area contributed by atoms with Crippen molar-refractivity contribution in [2.75, 3.05) is 13.1 Å². The number of halogens is 5. The average molecular weight is 462 g/mol. The fraction of sp³-hybridized carbons (Fsp3) is 0.333. The molecule has 1 aliphatic heterocycles. The fourth-order valence-corrected chi connectivity index (χ4v) is 3.91. The highest BCUT2D eigenvalue weighted by Gasteiger charge is 2.51. The van der Waals surface area contributed by atoms with Gasteiger partial charge in [-0.05, 0) is 30.2 Å². The monoisotopic (exact) mass is 461 g/mol. The van der Waals surface area contributed by atoms with Gasteiger partial charge in [-0.15, -0.1) is 0 Å². The van der Waals surface area contributed by atoms with E-state index in [0.29, 0.717) is 5.56 Å². The molecular weight excluding hydrogens is 446 g/mol. The van der Waals surface area contributed by atoms with Gasteiger partial charge in [-0.25, -0.2) is 14.8 Å². The Kier molecular flexibility index (Phi) is 5.83. The van der Waals surface area contributed by atoms with E-state index < -0.39 is 35.4 Å². The second-order valence-electron chi connectivity index (χ2n) is 6.84. The van der Waals surface area contributed by atoms with Crippen molar-refractivity contribution in [1.82, 2.24) is 20.2 Å². The Bertz CT molecular complexity index is 987. The molecule has 3 amide bonds. The summed E-state index contributed by atoms with van der Waals surface area (Å²) < 4.78 is 38.7. The van der Waals surface area contributed by atoms with Crippen LogP contribution in [0.1, 0.15) is 29.8 Å². The molecule has 30 heavy (non-hydrogen) atoms. The Morgan fingerprint density at radius 2 is 1.87 bits per heavy atom. The van der Waals surface area contributed by atoms with Gasteiger partial charge in [-0.2, -0.15) is 13.2 Å². The minimum atomic E-state index is -4.73. The van der Waals surface area contributed by atoms with Gasteiger partial charge in [0.05, 0.1) is 10.0 Å². The molecule has 0 radical (unpaired) electrons. The van der Waals surface area contributed by atoms with Crippen molar-refractivity contribution < 1.29 is 22.8 Å². The summed E-state index contributed by atoms with van der Waals surface area (Å²) in [6.45, 7) is 1.75. The normalized spacial score (nSPS) is 20.6. The summed E-state index contributed by atoms with van der Waals surface area (Å²) in [7, 11) is 0. The molecule has 1 aromatic carbocycles. The summed E-state index contributed by atoms with van der Waals surface area (Å²) in [5.41, 5.74) is 4.50. The number of nitrogens with two attached hydrogens (primary N) is 1. The van der Waals surface area contributed by atoms with Crippen LogP contribution in [0.4, 0.5) is 18.0 Å². The molecule has 2 heterocycles. The number of carbonyl (C=O) groups excluding carboxylic acids is 2. The first-order valence-corrected chi connectivity index (χ1v) is 9.41. The van der Waals surface area contributed by atoms with Gasteiger partial charge in [0, 0.05) is 31.4 Å². The molecule has 1 aromatic heterocycles. The molecule has 7 nitrogen and oxygen atoms in total. The zero-order chi connectivity index (χ0) is 22.3. The van der Waals surface area contributed by atoms with Crippen molar-refractivity contribution in [3.8, 4) is 0 Å². The lowest BCUT2D eigenvalue weighted by Crippen LogP contribution is -2.68. The zero-order valence-corrected chi connectivity index (χ0v) is 17.0. The second-order valence-corrected chi connectivity index (χ2v) is 7.65. The van der Waals surface area contributed by atoms with Crippen LogP contribution < -0.4 is 11.1 Å². The van der Waals surface area contributed by atoms with E-state index in [0.717, 1.165) is 17.3 Å². The van der Waals surface area contributed by atoms with E-state index in [-0.39, 0.29) is 28.7 Å². The Hall–Kier alpha value is -2.59. The van der Waals surface area contributed by atoms with Crippen LogP contribution in [0.5, 0.6) is 0 Å². The van der Waals surface area contributed by atoms with Crippen LogP contribution in [-0.2, 0) is 11.0 Å². The summed E-state index contributed by atoms with van der Waals surface area (Å²) in [5.74, 6) is -2.85. The maximum Gasteiger partial charge on any atom is 0.451 e. The third-order valence-corrected chi connectivity index (χ3v) is 5.74. The van der Waals surface area contributed by atoms with Crippen molar-refractivity contribution >= 4 is 35.1 Å². The molecule has 3 rings (SSSR count). The highest BCUT2D eigenvalue weighted by Crippen LogP contribution is 2.41. The van der Waals surface area contributed by atoms with Gasteiger partial charge in [0.2, 0.25) is 11.7 Å². The zero-order valence-electron chi connectivity index (χ0n) is 15.5. The van der Waals surface area contributed by atoms with Crippen molar-refractivity contribution in [2.24, 2.45) is 5.73 Å². The molecule has 3 N–H and O–H groups in total. The smallest absolute Gasteiger partial charge is 0.352 e. The maximum atomic E-state index is 13.0. The van der Waals surface area contributed by atoms with Gasteiger partial charge in [0.15, 0.2) is 0 Å². The number of amides is 3. The van der Waals surface area contributed by atoms with Crippen molar-refractivity contribution in [3.05, 3.63) is 57.6 Å². The highest BCUT2D eigenvalue weighted by molar-refractivity contribution is 6.42. The van der Waals surface area contributed by atoms with Crippen LogP contribution in [0.2, 0.25) is 10.0 Å². The van der Waals surface area contributed by atoms with Gasteiger partial charge in [-0.1, -0.05) is 29.3 Å². The standard InChI is InChI=1S/C18H16Cl2F3N5O2/c1-17(15(29)25-4-5-28(17)16(24)30)13(9-2-3-11(19)12(20)6-9)10-7-26-14(27-8-10)18(21,22)23/h2-3,6-8,13H,4-5H2,1H3,(H2,24,30)(H,25,29)/t13-,17?/m0/s1. The van der Waals surface area contributed by atoms with Crippen LogP contribution in [-0.4, -0.2) is 45.4 Å². The topological polar surface area (TPSA) is 101 Å². The first-order valence-electron chi connectivity index (χ1n) is 8.65. The Labute approximate surface area is 179 Å². The number of hydrogen-bond acceptors (Lipinski definition) is 4. The average Bonchev–Trinajstić information content (AvgIpc) is 2.66. The van der Waals surface area contributed by atoms with E-state index in [1.807, 2.05) is 0 Å². The lowest BCUT2D eigenvalue weighted by Gasteiger charge is -2.47. The van der Waals surface area contributed by atoms with E-state index >= 15 is 0 Å². The first kappa shape index (κ1) is 22.1. The summed E-state index contributed by atoms with van der Waals surface area (Å²) in [4.78, 5) is 33.0. The molecule has 0 spiro atoms. The first-order chi connectivity index (χ1) is 14.0. The van der Waals surface area contributed by atoms with Crippen LogP contribution in [0, 0.1) is 0 Å². The van der Waals surface area contributed by atoms with E-state index in [2.05, 4.69) is 15.3 Å². The molecule has 0 aliphatic carbocycles. The maximum absolute atomic E-state index is 13.0. The Morgan fingerprint density at radius 1 is 1.23 bits per heavy atom. The van der Waals surface area contributed by atoms with Crippen LogP contribution in [0.25, 0.3) is 0 Å². The van der Waals surface area contributed by atoms with Gasteiger partial charge >= 0.3 is 12.2 Å². The third-order valence-electron chi connectivity index (χ3n) is 5.01. The number of hydrogen-bond donors (Lipinski definition) is 2. The summed E-state index contributed by atoms with van der Waals surface area (Å²) in [6, 6.07) is 3.65. The number of benzene rings is 1. The summed E-state index contributed by atoms with van der Waals surface area (Å²) in [6.07, 6.45) is -2.80. The van der Waals surface area contributed by atoms with Crippen molar-refractivity contribution in [2.45, 2.75) is 24.6 Å². The number of piperazine rings is 1. The Balaban J connectivity index is 2.22. The number of aromatic nitrogens is 2. The molecule has 2 atom stereocenters. The lowest BCUT2D eigenvalue weighted by atomic mass is 9.74. The molecule has 2 aromatic rings. The molecule has 0 bridgehead atoms. The van der Waals surface area contributed by atoms with Crippen molar-refractivity contribution in [1.29, 1.82) is 0 Å². The van der Waals surface area contributed by atoms with E-state index in [9.17, 15) is 22.8 Å². The van der Waals surface area contributed by atoms with Crippen LogP contribution in [0.3, 0.4) is 0 Å². The van der Waals surface area contributed by atoms with Gasteiger partial charge in [0.25, 0.3) is 0 Å². The molecule has 1 fully saturated rings. The minimum absolute atomic E-state index is 0.108. The number of alkyl halides is 3. The molecular formula is C18H16Cl2F3N5O2. The van der Waals surface area contributed by atoms with E-state index in [1.165, 1.54) is 19.1 Å². The predicted molar refractivity (Wildman–Crippen MR) is 103 cm³/mol. The van der Waals surface area contributed by atoms with Crippen molar-refractivity contribution in [3.63, 3.8) is 0 Å². The molecule has 1 unspecified atom stereocenters. The minimum Gasteiger partial charge on any atom is -0.352 e. The summed E-state index contributed by atoms with van der Waals surface area (Å²) >= 11 is 12.1. The number of rotatable bonds is 3. The molecule has 12 heteroatoms. The van der Waals surface area contributed by atoms with Gasteiger partial charge < -0.3 is 16.0 Å². The van der Waals surface area contributed by atoms with Gasteiger partial charge in [0.1, 0.15) is 5.54 Å². The largest absolute Gasteiger partial charge is 0.451 e. The van der Waals surface area contributed by atoms with Crippen LogP contribution >= 0.6 is 23.2 Å². The van der Waals surface area contributed by atoms with E-state index in [1.54, 1.807) is 6.07 Å². The quantitative estimate of drug-likeness (QED) is 0.732. The Morgan fingerprint density at radius 3 is 2.40 bits per heavy atom. The van der Waals surface area contributed by atoms with Crippen LogP contribution in [0.15, 0.2) is 30.6 Å². The highest BCUT2D eigenvalue weighted by atomic mass is 35.5. The predicted octanol–water partition coefficient (Wildman–Crippen LogP) is 3.20. The van der Waals surface area contributed by atoms with Gasteiger partial charge in [-0.3, -0.25) is 4.79 Å². The van der Waals surface area contributed by atoms with E-state index in [4.69, 9.17) is 28.9 Å². The lowest BCUT2D eigenvalue weighted by molar-refractivity contribution is -0.145. The molecule has 0 saturated carbocycles. The molecule has 1 aliphatic rings. The number of urea groups is 1. The number of nitrogens with one attached hydrogen (secondary N) is 1. The number of nitrogens with zero attached hydrogens (tertiary/aromatic N) is 3. The second kappa shape index (κ2) is 7.92. The summed E-state index contributed by atoms with van der Waals surface area (Å²) in [5, 5.41) is 3.08. The SMILES string of the molecule is CC1([C@H](c2cnc(C(F)(F)F)nc2)c2ccc(Cl)c(Cl)c2)C(=O)NCCN1C(N)=O. The molecule has 160 valence electrons.